The lowest BCUT2D eigenvalue weighted by molar-refractivity contribution is -0.194. The maximum atomic E-state index is 14.4. The molecule has 1 N–H and O–H groups in total. The van der Waals surface area contributed by atoms with Gasteiger partial charge in [0.25, 0.3) is 5.91 Å². The average molecular weight is 402 g/mol. The number of carbonyl (C=O) groups excluding carboxylic acids is 3. The summed E-state index contributed by atoms with van der Waals surface area (Å²) in [4.78, 5) is 39.4. The van der Waals surface area contributed by atoms with Gasteiger partial charge < -0.3 is 10.2 Å². The minimum atomic E-state index is -5.12. The van der Waals surface area contributed by atoms with E-state index in [0.717, 1.165) is 4.90 Å². The van der Waals surface area contributed by atoms with Gasteiger partial charge >= 0.3 is 6.18 Å². The molecule has 0 aromatic rings. The summed E-state index contributed by atoms with van der Waals surface area (Å²) < 4.78 is 43.1. The molecule has 0 unspecified atom stereocenters. The summed E-state index contributed by atoms with van der Waals surface area (Å²) in [6, 6.07) is 0. The lowest BCUT2D eigenvalue weighted by atomic mass is 9.72. The van der Waals surface area contributed by atoms with Gasteiger partial charge in [0.15, 0.2) is 5.78 Å². The van der Waals surface area contributed by atoms with Crippen molar-refractivity contribution in [1.29, 1.82) is 0 Å². The topological polar surface area (TPSA) is 66.5 Å². The van der Waals surface area contributed by atoms with E-state index in [4.69, 9.17) is 0 Å². The van der Waals surface area contributed by atoms with E-state index in [-0.39, 0.29) is 43.3 Å². The van der Waals surface area contributed by atoms with Crippen molar-refractivity contribution >= 4 is 17.6 Å². The molecule has 0 aromatic carbocycles. The summed E-state index contributed by atoms with van der Waals surface area (Å²) in [5.74, 6) is -3.19. The molecule has 0 saturated carbocycles. The first-order valence-corrected chi connectivity index (χ1v) is 9.59. The molecule has 0 aromatic heterocycles. The fraction of sp³-hybridized carbons (Fsp3) is 0.750. The molecular formula is C20H29F3N2O3. The first-order valence-electron chi connectivity index (χ1n) is 9.59. The highest BCUT2D eigenvalue weighted by Gasteiger charge is 2.71. The molecule has 28 heavy (non-hydrogen) atoms. The van der Waals surface area contributed by atoms with Gasteiger partial charge in [-0.15, -0.1) is 0 Å². The van der Waals surface area contributed by atoms with Gasteiger partial charge in [-0.05, 0) is 23.7 Å². The van der Waals surface area contributed by atoms with E-state index >= 15 is 0 Å². The highest BCUT2D eigenvalue weighted by molar-refractivity contribution is 6.13. The van der Waals surface area contributed by atoms with E-state index in [0.29, 0.717) is 0 Å². The maximum Gasteiger partial charge on any atom is 0.425 e. The van der Waals surface area contributed by atoms with Gasteiger partial charge in [0, 0.05) is 25.1 Å². The van der Waals surface area contributed by atoms with Crippen molar-refractivity contribution in [3.05, 3.63) is 11.3 Å². The van der Waals surface area contributed by atoms with Gasteiger partial charge in [0.05, 0.1) is 5.57 Å². The number of nitrogens with one attached hydrogen (secondary N) is 1. The zero-order valence-electron chi connectivity index (χ0n) is 17.3. The zero-order valence-corrected chi connectivity index (χ0v) is 17.3. The van der Waals surface area contributed by atoms with Crippen LogP contribution in [0.4, 0.5) is 13.2 Å². The van der Waals surface area contributed by atoms with Crippen LogP contribution in [-0.4, -0.2) is 40.8 Å². The molecule has 2 amide bonds. The van der Waals surface area contributed by atoms with Crippen LogP contribution in [0.2, 0.25) is 0 Å². The lowest BCUT2D eigenvalue weighted by Gasteiger charge is -2.35. The number of alkyl halides is 3. The van der Waals surface area contributed by atoms with Crippen molar-refractivity contribution in [1.82, 2.24) is 10.2 Å². The first kappa shape index (κ1) is 22.4. The van der Waals surface area contributed by atoms with Gasteiger partial charge in [-0.1, -0.05) is 41.5 Å². The third kappa shape index (κ3) is 3.82. The summed E-state index contributed by atoms with van der Waals surface area (Å²) in [7, 11) is 0. The van der Waals surface area contributed by atoms with Gasteiger partial charge in [0.2, 0.25) is 11.4 Å². The molecule has 0 bridgehead atoms. The molecule has 1 aliphatic heterocycles. The SMILES string of the molecule is CC(C)CC(=O)N[C@]1(C(F)(F)F)C(=O)N(CC(C)C)C2=C1C(=O)CC(C)(C)C2. The summed E-state index contributed by atoms with van der Waals surface area (Å²) >= 11 is 0. The predicted molar refractivity (Wildman–Crippen MR) is 98.0 cm³/mol. The third-order valence-electron chi connectivity index (χ3n) is 5.01. The number of halogens is 3. The molecule has 2 rings (SSSR count). The Labute approximate surface area is 163 Å². The number of nitrogens with zero attached hydrogens (tertiary/aromatic N) is 1. The quantitative estimate of drug-likeness (QED) is 0.764. The van der Waals surface area contributed by atoms with E-state index in [9.17, 15) is 27.6 Å². The van der Waals surface area contributed by atoms with Crippen molar-refractivity contribution in [2.45, 2.75) is 72.5 Å². The highest BCUT2D eigenvalue weighted by atomic mass is 19.4. The Morgan fingerprint density at radius 2 is 1.68 bits per heavy atom. The molecule has 0 fully saturated rings. The largest absolute Gasteiger partial charge is 0.425 e. The highest BCUT2D eigenvalue weighted by Crippen LogP contribution is 2.51. The minimum Gasteiger partial charge on any atom is -0.330 e. The lowest BCUT2D eigenvalue weighted by Crippen LogP contribution is -2.66. The van der Waals surface area contributed by atoms with Crippen LogP contribution in [0.15, 0.2) is 11.3 Å². The van der Waals surface area contributed by atoms with Crippen molar-refractivity contribution in [3.63, 3.8) is 0 Å². The van der Waals surface area contributed by atoms with E-state index in [1.54, 1.807) is 41.5 Å². The maximum absolute atomic E-state index is 14.4. The molecule has 1 aliphatic carbocycles. The van der Waals surface area contributed by atoms with Crippen LogP contribution in [0.1, 0.15) is 60.8 Å². The number of hydrogen-bond acceptors (Lipinski definition) is 3. The van der Waals surface area contributed by atoms with E-state index in [1.807, 2.05) is 5.32 Å². The van der Waals surface area contributed by atoms with Gasteiger partial charge in [-0.3, -0.25) is 14.4 Å². The molecular weight excluding hydrogens is 373 g/mol. The molecule has 0 radical (unpaired) electrons. The summed E-state index contributed by atoms with van der Waals surface area (Å²) in [5, 5.41) is 1.94. The van der Waals surface area contributed by atoms with Crippen LogP contribution in [0.3, 0.4) is 0 Å². The van der Waals surface area contributed by atoms with Crippen LogP contribution in [0, 0.1) is 17.3 Å². The van der Waals surface area contributed by atoms with Crippen LogP contribution in [0.5, 0.6) is 0 Å². The van der Waals surface area contributed by atoms with Crippen LogP contribution < -0.4 is 5.32 Å². The number of carbonyl (C=O) groups is 3. The van der Waals surface area contributed by atoms with Gasteiger partial charge in [-0.2, -0.15) is 13.2 Å². The molecule has 0 saturated heterocycles. The number of hydrogen-bond donors (Lipinski definition) is 1. The monoisotopic (exact) mass is 402 g/mol. The Morgan fingerprint density at radius 1 is 1.11 bits per heavy atom. The van der Waals surface area contributed by atoms with Crippen molar-refractivity contribution in [2.75, 3.05) is 6.54 Å². The summed E-state index contributed by atoms with van der Waals surface area (Å²) in [5.41, 5.74) is -4.35. The Bertz CT molecular complexity index is 723. The zero-order chi connectivity index (χ0) is 21.7. The molecule has 5 nitrogen and oxygen atoms in total. The molecule has 158 valence electrons. The van der Waals surface area contributed by atoms with E-state index in [2.05, 4.69) is 0 Å². The summed E-state index contributed by atoms with van der Waals surface area (Å²) in [6.45, 7) is 10.6. The fourth-order valence-electron chi connectivity index (χ4n) is 4.02. The van der Waals surface area contributed by atoms with Gasteiger partial charge in [-0.25, -0.2) is 0 Å². The molecule has 0 spiro atoms. The molecule has 1 atom stereocenters. The fourth-order valence-corrected chi connectivity index (χ4v) is 4.02. The van der Waals surface area contributed by atoms with Crippen molar-refractivity contribution < 1.29 is 27.6 Å². The van der Waals surface area contributed by atoms with Crippen LogP contribution in [0.25, 0.3) is 0 Å². The van der Waals surface area contributed by atoms with Crippen molar-refractivity contribution in [2.24, 2.45) is 17.3 Å². The Morgan fingerprint density at radius 3 is 2.14 bits per heavy atom. The number of ketones is 1. The van der Waals surface area contributed by atoms with Gasteiger partial charge in [0.1, 0.15) is 0 Å². The smallest absolute Gasteiger partial charge is 0.330 e. The third-order valence-corrected chi connectivity index (χ3v) is 5.01. The normalized spacial score (nSPS) is 25.0. The standard InChI is InChI=1S/C20H29F3N2O3/c1-11(2)7-15(27)24-19(20(21,22)23)16-13(8-18(5,6)9-14(16)26)25(17(19)28)10-12(3)4/h11-12H,7-10H2,1-6H3,(H,24,27)/t19-/m0/s1. The van der Waals surface area contributed by atoms with E-state index < -0.39 is 40.3 Å². The first-order chi connectivity index (χ1) is 12.6. The minimum absolute atomic E-state index is 0.0545. The van der Waals surface area contributed by atoms with Crippen molar-refractivity contribution in [3.8, 4) is 0 Å². The molecule has 8 heteroatoms. The number of allylic oxidation sites excluding steroid dienone is 1. The second-order valence-corrected chi connectivity index (χ2v) is 9.47. The average Bonchev–Trinajstić information content (AvgIpc) is 2.67. The predicted octanol–water partition coefficient (Wildman–Crippen LogP) is 3.59. The second kappa shape index (κ2) is 7.19. The van der Waals surface area contributed by atoms with E-state index in [1.165, 1.54) is 0 Å². The Balaban J connectivity index is 2.69. The summed E-state index contributed by atoms with van der Waals surface area (Å²) in [6.07, 6.45) is -5.23. The molecule has 2 aliphatic rings. The number of Topliss-reactive ketones (excluding diaryl/α,β-unsaturated/α-hetero) is 1. The molecule has 1 heterocycles. The number of amides is 2. The van der Waals surface area contributed by atoms with Crippen LogP contribution in [-0.2, 0) is 14.4 Å². The van der Waals surface area contributed by atoms with Crippen LogP contribution >= 0.6 is 0 Å². The number of rotatable bonds is 5. The Hall–Kier alpha value is -1.86. The second-order valence-electron chi connectivity index (χ2n) is 9.47. The Kier molecular flexibility index (Phi) is 5.76.